The van der Waals surface area contributed by atoms with Gasteiger partial charge >= 0.3 is 7.12 Å². The van der Waals surface area contributed by atoms with E-state index in [0.29, 0.717) is 6.07 Å². The van der Waals surface area contributed by atoms with Crippen LogP contribution in [-0.4, -0.2) is 25.5 Å². The van der Waals surface area contributed by atoms with Crippen LogP contribution in [0.4, 0.5) is 13.2 Å². The van der Waals surface area contributed by atoms with Crippen molar-refractivity contribution in [2.24, 2.45) is 0 Å². The summed E-state index contributed by atoms with van der Waals surface area (Å²) in [6, 6.07) is 0.389. The summed E-state index contributed by atoms with van der Waals surface area (Å²) in [5.41, 5.74) is -1.01. The quantitative estimate of drug-likeness (QED) is 0.842. The molecule has 0 saturated carbocycles. The second-order valence-corrected chi connectivity index (χ2v) is 10.9. The maximum absolute atomic E-state index is 14.1. The molecule has 0 fully saturated rings. The van der Waals surface area contributed by atoms with Crippen LogP contribution in [0.25, 0.3) is 0 Å². The highest BCUT2D eigenvalue weighted by Crippen LogP contribution is 2.38. The third-order valence-electron chi connectivity index (χ3n) is 3.59. The van der Waals surface area contributed by atoms with Crippen LogP contribution in [0.15, 0.2) is 6.07 Å². The minimum atomic E-state index is -2.55. The van der Waals surface area contributed by atoms with Gasteiger partial charge < -0.3 is 14.5 Å². The van der Waals surface area contributed by atoms with Crippen molar-refractivity contribution in [1.29, 1.82) is 0 Å². The highest BCUT2D eigenvalue weighted by molar-refractivity contribution is 6.74. The Morgan fingerprint density at radius 1 is 1.10 bits per heavy atom. The molecule has 0 aromatic heterocycles. The Hall–Kier alpha value is -0.988. The Morgan fingerprint density at radius 3 is 2.00 bits per heavy atom. The van der Waals surface area contributed by atoms with Gasteiger partial charge in [-0.2, -0.15) is 0 Å². The fraction of sp³-hybridized carbons (Fsp3) is 0.500. The lowest BCUT2D eigenvalue weighted by molar-refractivity contribution is 0.403. The van der Waals surface area contributed by atoms with E-state index in [4.69, 9.17) is 14.5 Å². The zero-order valence-corrected chi connectivity index (χ0v) is 13.1. The number of benzene rings is 1. The summed E-state index contributed by atoms with van der Waals surface area (Å²) < 4.78 is 46.6. The molecule has 1 aromatic carbocycles. The third-order valence-corrected chi connectivity index (χ3v) is 7.91. The van der Waals surface area contributed by atoms with E-state index in [1.165, 1.54) is 0 Å². The first kappa shape index (κ1) is 17.1. The largest absolute Gasteiger partial charge is 0.540 e. The van der Waals surface area contributed by atoms with Crippen molar-refractivity contribution >= 4 is 20.9 Å². The van der Waals surface area contributed by atoms with E-state index in [9.17, 15) is 13.2 Å². The van der Waals surface area contributed by atoms with Gasteiger partial charge in [0.1, 0.15) is 5.82 Å². The molecule has 1 rings (SSSR count). The molecule has 0 saturated heterocycles. The predicted octanol–water partition coefficient (Wildman–Crippen LogP) is 2.17. The topological polar surface area (TPSA) is 49.7 Å². The zero-order valence-electron chi connectivity index (χ0n) is 12.1. The van der Waals surface area contributed by atoms with Gasteiger partial charge in [0.25, 0.3) is 8.32 Å². The number of hydrogen-bond donors (Lipinski definition) is 2. The summed E-state index contributed by atoms with van der Waals surface area (Å²) in [7, 11) is -4.93. The third kappa shape index (κ3) is 3.18. The average Bonchev–Trinajstić information content (AvgIpc) is 2.21. The van der Waals surface area contributed by atoms with Crippen LogP contribution >= 0.6 is 0 Å². The molecule has 0 heterocycles. The molecule has 0 atom stereocenters. The van der Waals surface area contributed by atoms with Crippen LogP contribution in [0.1, 0.15) is 20.8 Å². The molecule has 20 heavy (non-hydrogen) atoms. The van der Waals surface area contributed by atoms with Crippen molar-refractivity contribution in [2.45, 2.75) is 38.9 Å². The fourth-order valence-corrected chi connectivity index (χ4v) is 2.33. The lowest BCUT2D eigenvalue weighted by Crippen LogP contribution is -2.45. The Morgan fingerprint density at radius 2 is 1.60 bits per heavy atom. The van der Waals surface area contributed by atoms with Crippen LogP contribution in [0.2, 0.25) is 18.1 Å². The molecule has 0 amide bonds. The van der Waals surface area contributed by atoms with Crippen LogP contribution in [0.5, 0.6) is 5.75 Å². The number of rotatable bonds is 3. The molecule has 0 aliphatic heterocycles. The van der Waals surface area contributed by atoms with E-state index in [0.717, 1.165) is 0 Å². The minimum absolute atomic E-state index is 0.321. The first-order chi connectivity index (χ1) is 8.88. The van der Waals surface area contributed by atoms with Crippen molar-refractivity contribution in [3.8, 4) is 5.75 Å². The van der Waals surface area contributed by atoms with E-state index in [1.54, 1.807) is 13.1 Å². The van der Waals surface area contributed by atoms with Crippen LogP contribution in [-0.2, 0) is 0 Å². The second kappa shape index (κ2) is 5.42. The highest BCUT2D eigenvalue weighted by atomic mass is 28.4. The van der Waals surface area contributed by atoms with Crippen LogP contribution < -0.4 is 9.89 Å². The van der Waals surface area contributed by atoms with Gasteiger partial charge in [-0.1, -0.05) is 20.8 Å². The maximum Gasteiger partial charge on any atom is 0.494 e. The summed E-state index contributed by atoms with van der Waals surface area (Å²) in [4.78, 5) is 0. The predicted molar refractivity (Wildman–Crippen MR) is 74.0 cm³/mol. The Kier molecular flexibility index (Phi) is 4.62. The maximum atomic E-state index is 14.1. The van der Waals surface area contributed by atoms with E-state index in [-0.39, 0.29) is 5.04 Å². The molecule has 112 valence electrons. The Balaban J connectivity index is 3.37. The lowest BCUT2D eigenvalue weighted by Gasteiger charge is -2.36. The van der Waals surface area contributed by atoms with Crippen molar-refractivity contribution in [3.63, 3.8) is 0 Å². The molecule has 8 heteroatoms. The SMILES string of the molecule is CC(C)(C)[Si](C)(C)Oc1c(F)cc(F)c(B(O)O)c1F. The Labute approximate surface area is 117 Å². The Bertz CT molecular complexity index is 516. The molecule has 0 bridgehead atoms. The molecule has 0 aliphatic carbocycles. The average molecular weight is 306 g/mol. The molecule has 0 aliphatic rings. The lowest BCUT2D eigenvalue weighted by atomic mass is 9.79. The molecule has 0 spiro atoms. The molecule has 1 aromatic rings. The minimum Gasteiger partial charge on any atom is -0.540 e. The number of hydrogen-bond acceptors (Lipinski definition) is 3. The normalized spacial score (nSPS) is 12.5. The van der Waals surface area contributed by atoms with Gasteiger partial charge in [0.15, 0.2) is 17.4 Å². The van der Waals surface area contributed by atoms with E-state index >= 15 is 0 Å². The van der Waals surface area contributed by atoms with Crippen LogP contribution in [0, 0.1) is 17.5 Å². The van der Waals surface area contributed by atoms with Gasteiger partial charge in [0.2, 0.25) is 0 Å². The van der Waals surface area contributed by atoms with E-state index in [2.05, 4.69) is 0 Å². The van der Waals surface area contributed by atoms with Gasteiger partial charge in [-0.15, -0.1) is 0 Å². The zero-order chi connectivity index (χ0) is 15.9. The second-order valence-electron chi connectivity index (χ2n) is 6.13. The summed E-state index contributed by atoms with van der Waals surface area (Å²) >= 11 is 0. The summed E-state index contributed by atoms with van der Waals surface area (Å²) in [5.74, 6) is -4.74. The summed E-state index contributed by atoms with van der Waals surface area (Å²) in [6.45, 7) is 9.16. The standard InChI is InChI=1S/C12H18BF3O3Si/c1-12(2,3)20(4,5)19-11-8(15)6-7(14)9(10(11)16)13(17)18/h6,17-18H,1-5H3. The van der Waals surface area contributed by atoms with Gasteiger partial charge in [-0.25, -0.2) is 13.2 Å². The smallest absolute Gasteiger partial charge is 0.494 e. The molecule has 2 N–H and O–H groups in total. The molecule has 0 radical (unpaired) electrons. The molecular formula is C12H18BF3O3Si. The van der Waals surface area contributed by atoms with Crippen molar-refractivity contribution in [3.05, 3.63) is 23.5 Å². The van der Waals surface area contributed by atoms with Gasteiger partial charge in [-0.05, 0) is 18.1 Å². The first-order valence-corrected chi connectivity index (χ1v) is 9.02. The molecule has 0 unspecified atom stereocenters. The summed E-state index contributed by atoms with van der Waals surface area (Å²) in [5, 5.41) is 17.6. The molecular weight excluding hydrogens is 288 g/mol. The fourth-order valence-electron chi connectivity index (χ4n) is 1.33. The van der Waals surface area contributed by atoms with Gasteiger partial charge in [0, 0.05) is 6.07 Å². The van der Waals surface area contributed by atoms with E-state index in [1.807, 2.05) is 20.8 Å². The van der Waals surface area contributed by atoms with Crippen LogP contribution in [0.3, 0.4) is 0 Å². The van der Waals surface area contributed by atoms with Gasteiger partial charge in [-0.3, -0.25) is 0 Å². The highest BCUT2D eigenvalue weighted by Gasteiger charge is 2.41. The van der Waals surface area contributed by atoms with Crippen molar-refractivity contribution in [1.82, 2.24) is 0 Å². The first-order valence-electron chi connectivity index (χ1n) is 6.11. The molecule has 3 nitrogen and oxygen atoms in total. The summed E-state index contributed by atoms with van der Waals surface area (Å²) in [6.07, 6.45) is 0. The van der Waals surface area contributed by atoms with Gasteiger partial charge in [0.05, 0.1) is 5.46 Å². The van der Waals surface area contributed by atoms with Crippen molar-refractivity contribution < 1.29 is 27.6 Å². The van der Waals surface area contributed by atoms with E-state index < -0.39 is 44.1 Å². The monoisotopic (exact) mass is 306 g/mol. The van der Waals surface area contributed by atoms with Crippen molar-refractivity contribution in [2.75, 3.05) is 0 Å². The number of halogens is 3.